The van der Waals surface area contributed by atoms with E-state index in [4.69, 9.17) is 0 Å². The highest BCUT2D eigenvalue weighted by Gasteiger charge is 2.15. The highest BCUT2D eigenvalue weighted by molar-refractivity contribution is 7.12. The number of carbonyl (C=O) groups excluding carboxylic acids is 2. The molecule has 0 aliphatic rings. The number of hydrogen-bond donors (Lipinski definition) is 1. The lowest BCUT2D eigenvalue weighted by atomic mass is 10.1. The molecule has 0 bridgehead atoms. The monoisotopic (exact) mass is 315 g/mol. The first kappa shape index (κ1) is 16.4. The van der Waals surface area contributed by atoms with Gasteiger partial charge in [-0.05, 0) is 32.4 Å². The van der Waals surface area contributed by atoms with E-state index in [0.29, 0.717) is 0 Å². The summed E-state index contributed by atoms with van der Waals surface area (Å²) in [6.45, 7) is 5.88. The molecule has 1 N–H and O–H groups in total. The van der Waals surface area contributed by atoms with Crippen molar-refractivity contribution in [2.45, 2.75) is 39.7 Å². The average Bonchev–Trinajstić information content (AvgIpc) is 2.84. The molecular weight excluding hydrogens is 294 g/mol. The zero-order valence-corrected chi connectivity index (χ0v) is 14.0. The summed E-state index contributed by atoms with van der Waals surface area (Å²) in [5.41, 5.74) is 1.82. The predicted molar refractivity (Wildman–Crippen MR) is 90.4 cm³/mol. The van der Waals surface area contributed by atoms with Gasteiger partial charge in [0.05, 0.1) is 6.04 Å². The highest BCUT2D eigenvalue weighted by Crippen LogP contribution is 2.22. The fraction of sp³-hybridized carbons (Fsp3) is 0.333. The van der Waals surface area contributed by atoms with Crippen LogP contribution in [0.3, 0.4) is 0 Å². The molecule has 3 nitrogen and oxygen atoms in total. The normalized spacial score (nSPS) is 12.0. The number of thiophene rings is 1. The fourth-order valence-corrected chi connectivity index (χ4v) is 3.35. The molecule has 0 saturated carbocycles. The molecule has 116 valence electrons. The standard InChI is InChI=1S/C18H21NO2S/c1-12-11-16(14(3)22-12)17(20)9-10-18(21)19-13(2)15-7-5-4-6-8-15/h4-8,11,13H,9-10H2,1-3H3,(H,19,21)/t13-/m1/s1. The van der Waals surface area contributed by atoms with Crippen LogP contribution < -0.4 is 5.32 Å². The summed E-state index contributed by atoms with van der Waals surface area (Å²) in [5, 5.41) is 2.93. The Morgan fingerprint density at radius 1 is 1.14 bits per heavy atom. The van der Waals surface area contributed by atoms with E-state index < -0.39 is 0 Å². The van der Waals surface area contributed by atoms with E-state index in [0.717, 1.165) is 20.9 Å². The van der Waals surface area contributed by atoms with Gasteiger partial charge in [0, 0.05) is 28.2 Å². The van der Waals surface area contributed by atoms with Crippen LogP contribution in [0.4, 0.5) is 0 Å². The maximum atomic E-state index is 12.2. The Kier molecular flexibility index (Phi) is 5.50. The Balaban J connectivity index is 1.85. The molecule has 1 amide bonds. The number of benzene rings is 1. The summed E-state index contributed by atoms with van der Waals surface area (Å²) >= 11 is 1.62. The number of hydrogen-bond acceptors (Lipinski definition) is 3. The molecule has 1 heterocycles. The highest BCUT2D eigenvalue weighted by atomic mass is 32.1. The predicted octanol–water partition coefficient (Wildman–Crippen LogP) is 4.21. The summed E-state index contributed by atoms with van der Waals surface area (Å²) in [7, 11) is 0. The van der Waals surface area contributed by atoms with Gasteiger partial charge in [0.1, 0.15) is 0 Å². The number of nitrogens with one attached hydrogen (secondary N) is 1. The van der Waals surface area contributed by atoms with Crippen LogP contribution in [0.2, 0.25) is 0 Å². The van der Waals surface area contributed by atoms with Gasteiger partial charge in [0.25, 0.3) is 0 Å². The van der Waals surface area contributed by atoms with Crippen LogP contribution in [-0.2, 0) is 4.79 Å². The lowest BCUT2D eigenvalue weighted by molar-refractivity contribution is -0.121. The van der Waals surface area contributed by atoms with Gasteiger partial charge in [0.15, 0.2) is 5.78 Å². The second-order valence-electron chi connectivity index (χ2n) is 5.45. The molecule has 2 rings (SSSR count). The van der Waals surface area contributed by atoms with Gasteiger partial charge in [-0.1, -0.05) is 30.3 Å². The van der Waals surface area contributed by atoms with Gasteiger partial charge >= 0.3 is 0 Å². The first-order valence-electron chi connectivity index (χ1n) is 7.42. The third kappa shape index (κ3) is 4.28. The maximum Gasteiger partial charge on any atom is 0.220 e. The van der Waals surface area contributed by atoms with Crippen LogP contribution >= 0.6 is 11.3 Å². The van der Waals surface area contributed by atoms with Crippen LogP contribution in [0, 0.1) is 13.8 Å². The van der Waals surface area contributed by atoms with Gasteiger partial charge in [-0.15, -0.1) is 11.3 Å². The van der Waals surface area contributed by atoms with Crippen LogP contribution in [0.1, 0.15) is 51.5 Å². The number of rotatable bonds is 6. The van der Waals surface area contributed by atoms with Gasteiger partial charge < -0.3 is 5.32 Å². The second-order valence-corrected chi connectivity index (χ2v) is 6.91. The molecule has 4 heteroatoms. The Morgan fingerprint density at radius 2 is 1.82 bits per heavy atom. The van der Waals surface area contributed by atoms with Crippen LogP contribution in [0.25, 0.3) is 0 Å². The first-order chi connectivity index (χ1) is 10.5. The topological polar surface area (TPSA) is 46.2 Å². The Bertz CT molecular complexity index is 661. The lowest BCUT2D eigenvalue weighted by Gasteiger charge is -2.14. The molecule has 0 radical (unpaired) electrons. The molecule has 1 aromatic heterocycles. The molecule has 0 saturated heterocycles. The van der Waals surface area contributed by atoms with Crippen molar-refractivity contribution in [3.63, 3.8) is 0 Å². The lowest BCUT2D eigenvalue weighted by Crippen LogP contribution is -2.26. The van der Waals surface area contributed by atoms with Crippen molar-refractivity contribution in [1.29, 1.82) is 0 Å². The van der Waals surface area contributed by atoms with Crippen molar-refractivity contribution in [3.05, 3.63) is 57.3 Å². The van der Waals surface area contributed by atoms with E-state index in [2.05, 4.69) is 5.32 Å². The van der Waals surface area contributed by atoms with Gasteiger partial charge in [-0.3, -0.25) is 9.59 Å². The SMILES string of the molecule is Cc1cc(C(=O)CCC(=O)N[C@H](C)c2ccccc2)c(C)s1. The molecule has 0 fully saturated rings. The molecule has 2 aromatic rings. The van der Waals surface area contributed by atoms with Gasteiger partial charge in [-0.2, -0.15) is 0 Å². The van der Waals surface area contributed by atoms with Crippen molar-refractivity contribution >= 4 is 23.0 Å². The molecule has 1 aromatic carbocycles. The molecule has 0 unspecified atom stereocenters. The fourth-order valence-electron chi connectivity index (χ4n) is 2.41. The van der Waals surface area contributed by atoms with E-state index in [-0.39, 0.29) is 30.6 Å². The molecular formula is C18H21NO2S. The van der Waals surface area contributed by atoms with Crippen molar-refractivity contribution in [1.82, 2.24) is 5.32 Å². The van der Waals surface area contributed by atoms with Crippen LogP contribution in [0.15, 0.2) is 36.4 Å². The quantitative estimate of drug-likeness (QED) is 0.812. The minimum Gasteiger partial charge on any atom is -0.350 e. The van der Waals surface area contributed by atoms with E-state index in [9.17, 15) is 9.59 Å². The number of ketones is 1. The average molecular weight is 315 g/mol. The van der Waals surface area contributed by atoms with E-state index in [1.807, 2.05) is 57.2 Å². The van der Waals surface area contributed by atoms with Gasteiger partial charge in [0.2, 0.25) is 5.91 Å². The molecule has 0 spiro atoms. The van der Waals surface area contributed by atoms with Crippen molar-refractivity contribution in [2.75, 3.05) is 0 Å². The number of Topliss-reactive ketones (excluding diaryl/α,β-unsaturated/α-hetero) is 1. The number of amides is 1. The first-order valence-corrected chi connectivity index (χ1v) is 8.23. The zero-order chi connectivity index (χ0) is 16.1. The van der Waals surface area contributed by atoms with Crippen LogP contribution in [-0.4, -0.2) is 11.7 Å². The molecule has 0 aliphatic heterocycles. The van der Waals surface area contributed by atoms with Crippen molar-refractivity contribution in [3.8, 4) is 0 Å². The summed E-state index contributed by atoms with van der Waals surface area (Å²) in [5.74, 6) is -0.0429. The van der Waals surface area contributed by atoms with Crippen molar-refractivity contribution < 1.29 is 9.59 Å². The summed E-state index contributed by atoms with van der Waals surface area (Å²) in [6, 6.07) is 11.7. The third-order valence-corrected chi connectivity index (χ3v) is 4.56. The van der Waals surface area contributed by atoms with Crippen LogP contribution in [0.5, 0.6) is 0 Å². The van der Waals surface area contributed by atoms with Gasteiger partial charge in [-0.25, -0.2) is 0 Å². The van der Waals surface area contributed by atoms with E-state index >= 15 is 0 Å². The summed E-state index contributed by atoms with van der Waals surface area (Å²) < 4.78 is 0. The minimum atomic E-state index is -0.0886. The number of aryl methyl sites for hydroxylation is 2. The third-order valence-electron chi connectivity index (χ3n) is 3.60. The largest absolute Gasteiger partial charge is 0.350 e. The van der Waals surface area contributed by atoms with Crippen molar-refractivity contribution in [2.24, 2.45) is 0 Å². The number of carbonyl (C=O) groups is 2. The molecule has 22 heavy (non-hydrogen) atoms. The second kappa shape index (κ2) is 7.36. The van der Waals surface area contributed by atoms with E-state index in [1.165, 1.54) is 0 Å². The van der Waals surface area contributed by atoms with E-state index in [1.54, 1.807) is 11.3 Å². The molecule has 0 aliphatic carbocycles. The minimum absolute atomic E-state index is 0.0457. The maximum absolute atomic E-state index is 12.2. The Hall–Kier alpha value is -1.94. The summed E-state index contributed by atoms with van der Waals surface area (Å²) in [4.78, 5) is 26.3. The Labute approximate surface area is 135 Å². The zero-order valence-electron chi connectivity index (χ0n) is 13.2. The molecule has 1 atom stereocenters. The smallest absolute Gasteiger partial charge is 0.220 e. The summed E-state index contributed by atoms with van der Waals surface area (Å²) in [6.07, 6.45) is 0.481. The Morgan fingerprint density at radius 3 is 2.41 bits per heavy atom.